The number of azo groups is 2. The number of hydrogen-bond acceptors (Lipinski definition) is 11. The fraction of sp³-hybridized carbons (Fsp3) is 0.0645. The topological polar surface area (TPSA) is 230 Å². The third kappa shape index (κ3) is 9.94. The van der Waals surface area contributed by atoms with Crippen LogP contribution in [0.3, 0.4) is 0 Å². The molecule has 0 heterocycles. The van der Waals surface area contributed by atoms with Gasteiger partial charge >= 0.3 is 0 Å². The number of carbonyl (C=O) groups excluding carboxylic acids is 1. The van der Waals surface area contributed by atoms with Crippen LogP contribution in [-0.2, 0) is 20.2 Å². The zero-order valence-corrected chi connectivity index (χ0v) is 32.6. The number of anilines is 1. The molecule has 2 radical (unpaired) electrons. The van der Waals surface area contributed by atoms with Gasteiger partial charge in [-0.05, 0) is 103 Å². The minimum Gasteiger partial charge on any atom is -0.322 e. The van der Waals surface area contributed by atoms with Gasteiger partial charge in [0.15, 0.2) is 0 Å². The van der Waals surface area contributed by atoms with E-state index in [1.165, 1.54) is 42.5 Å². The van der Waals surface area contributed by atoms with E-state index in [2.05, 4.69) is 25.8 Å². The fourth-order valence-corrected chi connectivity index (χ4v) is 5.88. The Labute approximate surface area is 330 Å². The summed E-state index contributed by atoms with van der Waals surface area (Å²) in [5.41, 5.74) is 3.80. The maximum atomic E-state index is 12.5. The minimum atomic E-state index is -4.86. The van der Waals surface area contributed by atoms with E-state index in [-0.39, 0.29) is 86.8 Å². The van der Waals surface area contributed by atoms with Crippen LogP contribution in [0.2, 0.25) is 0 Å². The summed E-state index contributed by atoms with van der Waals surface area (Å²) in [6.07, 6.45) is 0. The molecule has 0 aliphatic heterocycles. The Hall–Kier alpha value is -3.75. The molecule has 19 heteroatoms. The van der Waals surface area contributed by atoms with Crippen LogP contribution in [0, 0.1) is 24.0 Å². The Morgan fingerprint density at radius 1 is 0.700 bits per heavy atom. The van der Waals surface area contributed by atoms with Crippen molar-refractivity contribution in [3.63, 3.8) is 0 Å². The second-order valence-corrected chi connectivity index (χ2v) is 13.2. The zero-order valence-electron chi connectivity index (χ0n) is 27.0. The number of fused-ring (bicyclic) bond motifs is 1. The first kappa shape index (κ1) is 40.7. The van der Waals surface area contributed by atoms with Gasteiger partial charge in [-0.2, -0.15) is 37.3 Å². The molecule has 0 unspecified atom stereocenters. The number of benzene rings is 5. The largest absolute Gasteiger partial charge is 0.322 e. The molecule has 246 valence electrons. The quantitative estimate of drug-likeness (QED) is 0.0457. The molecular weight excluding hydrogens is 710 g/mol. The molecule has 5 rings (SSSR count). The summed E-state index contributed by atoms with van der Waals surface area (Å²) < 4.78 is 66.1. The fourth-order valence-electron chi connectivity index (χ4n) is 4.53. The smallest absolute Gasteiger partial charge is 0.295 e. The van der Waals surface area contributed by atoms with Crippen molar-refractivity contribution in [2.45, 2.75) is 23.6 Å². The van der Waals surface area contributed by atoms with Gasteiger partial charge in [-0.25, -0.2) is 0 Å². The van der Waals surface area contributed by atoms with Crippen LogP contribution in [0.15, 0.2) is 121 Å². The number of nitro groups is 1. The van der Waals surface area contributed by atoms with Gasteiger partial charge in [0.2, 0.25) is 0 Å². The number of hydrogen-bond donors (Lipinski definition) is 3. The van der Waals surface area contributed by atoms with Crippen LogP contribution in [0.5, 0.6) is 0 Å². The van der Waals surface area contributed by atoms with Crippen molar-refractivity contribution in [2.75, 3.05) is 5.32 Å². The Morgan fingerprint density at radius 3 is 1.80 bits per heavy atom. The van der Waals surface area contributed by atoms with Crippen molar-refractivity contribution in [1.82, 2.24) is 0 Å². The average molecular weight is 735 g/mol. The van der Waals surface area contributed by atoms with E-state index < -0.39 is 40.9 Å². The Kier molecular flexibility index (Phi) is 13.4. The number of nitro benzene ring substituents is 1. The van der Waals surface area contributed by atoms with Crippen molar-refractivity contribution < 1.29 is 35.7 Å². The third-order valence-electron chi connectivity index (χ3n) is 6.97. The Balaban J connectivity index is 0.00000338. The third-order valence-corrected chi connectivity index (χ3v) is 8.70. The summed E-state index contributed by atoms with van der Waals surface area (Å²) in [6, 6.07) is 21.2. The number of carbonyl (C=O) groups is 1. The van der Waals surface area contributed by atoms with Crippen molar-refractivity contribution in [2.24, 2.45) is 20.5 Å². The molecule has 5 aromatic rings. The molecule has 50 heavy (non-hydrogen) atoms. The van der Waals surface area contributed by atoms with Crippen LogP contribution in [-0.4, -0.2) is 95.9 Å². The van der Waals surface area contributed by atoms with Gasteiger partial charge in [-0.1, -0.05) is 6.07 Å². The number of amides is 1. The van der Waals surface area contributed by atoms with Gasteiger partial charge in [0, 0.05) is 87.9 Å². The van der Waals surface area contributed by atoms with Gasteiger partial charge in [0.05, 0.1) is 32.6 Å². The molecule has 0 spiro atoms. The normalized spacial score (nSPS) is 11.7. The molecule has 1 amide bonds. The molecule has 0 aliphatic carbocycles. The maximum Gasteiger partial charge on any atom is 0.295 e. The second kappa shape index (κ2) is 16.5. The summed E-state index contributed by atoms with van der Waals surface area (Å²) in [6.45, 7) is 3.57. The van der Waals surface area contributed by atoms with Crippen LogP contribution in [0.4, 0.5) is 34.1 Å². The first-order valence-electron chi connectivity index (χ1n) is 13.7. The molecule has 15 nitrogen and oxygen atoms in total. The van der Waals surface area contributed by atoms with E-state index >= 15 is 0 Å². The van der Waals surface area contributed by atoms with Crippen molar-refractivity contribution in [3.05, 3.63) is 118 Å². The number of rotatable bonds is 9. The SMILES string of the molecule is Cc1cc(N=Nc2ccc(NC(=O)c3ccc([N+](=O)[O-])cc3)cc2C)ccc1N=Nc1ccc2cc(S(=O)(=O)O)cc(S(=O)(=O)O)c2c1.[Na].[Na]. The minimum absolute atomic E-state index is 0. The predicted molar refractivity (Wildman–Crippen MR) is 187 cm³/mol. The van der Waals surface area contributed by atoms with Crippen LogP contribution >= 0.6 is 0 Å². The molecular formula is C31H24N6Na2O9S2. The molecule has 0 aromatic heterocycles. The van der Waals surface area contributed by atoms with Gasteiger partial charge in [-0.3, -0.25) is 24.0 Å². The van der Waals surface area contributed by atoms with Gasteiger partial charge < -0.3 is 5.32 Å². The van der Waals surface area contributed by atoms with Gasteiger partial charge in [0.25, 0.3) is 31.8 Å². The number of nitrogens with zero attached hydrogens (tertiary/aromatic N) is 5. The average Bonchev–Trinajstić information content (AvgIpc) is 3.02. The maximum absolute atomic E-state index is 12.5. The molecule has 0 saturated heterocycles. The monoisotopic (exact) mass is 734 g/mol. The second-order valence-electron chi connectivity index (χ2n) is 10.4. The van der Waals surface area contributed by atoms with E-state index in [4.69, 9.17) is 0 Å². The summed E-state index contributed by atoms with van der Waals surface area (Å²) >= 11 is 0. The molecule has 3 N–H and O–H groups in total. The molecule has 0 saturated carbocycles. The van der Waals surface area contributed by atoms with Crippen LogP contribution < -0.4 is 5.32 Å². The molecule has 0 aliphatic rings. The molecule has 0 atom stereocenters. The van der Waals surface area contributed by atoms with E-state index in [1.54, 1.807) is 50.2 Å². The number of non-ortho nitro benzene ring substituents is 1. The summed E-state index contributed by atoms with van der Waals surface area (Å²) in [7, 11) is -9.60. The van der Waals surface area contributed by atoms with Crippen molar-refractivity contribution >= 4 is 130 Å². The number of nitrogens with one attached hydrogen (secondary N) is 1. The standard InChI is InChI=1S/C31H24N6O9S2.2Na/c1-18-13-22(32-31(38)20-4-9-25(10-5-20)37(39)40)7-11-28(18)35-33-23-8-12-29(19(2)14-23)36-34-24-6-3-21-15-26(47(41,42)43)17-30(27(21)16-24)48(44,45)46;;/h3-17H,1-2H3,(H,32,38)(H,41,42,43)(H,44,45,46);;. The first-order valence-corrected chi connectivity index (χ1v) is 16.6. The van der Waals surface area contributed by atoms with E-state index in [9.17, 15) is 40.8 Å². The molecule has 5 aromatic carbocycles. The molecule has 0 fully saturated rings. The predicted octanol–water partition coefficient (Wildman–Crippen LogP) is 7.18. The molecule has 0 bridgehead atoms. The Bertz CT molecular complexity index is 2410. The van der Waals surface area contributed by atoms with Crippen LogP contribution in [0.1, 0.15) is 21.5 Å². The van der Waals surface area contributed by atoms with E-state index in [0.29, 0.717) is 34.4 Å². The van der Waals surface area contributed by atoms with E-state index in [0.717, 1.165) is 11.6 Å². The summed E-state index contributed by atoms with van der Waals surface area (Å²) in [5, 5.41) is 30.6. The van der Waals surface area contributed by atoms with Gasteiger partial charge in [0.1, 0.15) is 4.90 Å². The van der Waals surface area contributed by atoms with E-state index in [1.807, 2.05) is 0 Å². The van der Waals surface area contributed by atoms with Gasteiger partial charge in [-0.15, -0.1) is 0 Å². The number of aryl methyl sites for hydroxylation is 2. The summed E-state index contributed by atoms with van der Waals surface area (Å²) in [4.78, 5) is 21.4. The van der Waals surface area contributed by atoms with Crippen molar-refractivity contribution in [1.29, 1.82) is 0 Å². The zero-order chi connectivity index (χ0) is 34.8. The van der Waals surface area contributed by atoms with Crippen molar-refractivity contribution in [3.8, 4) is 0 Å². The van der Waals surface area contributed by atoms with Crippen LogP contribution in [0.25, 0.3) is 10.8 Å². The summed E-state index contributed by atoms with van der Waals surface area (Å²) in [5.74, 6) is -0.427. The first-order chi connectivity index (χ1) is 22.6. The Morgan fingerprint density at radius 2 is 1.26 bits per heavy atom.